The Morgan fingerprint density at radius 1 is 1.10 bits per heavy atom. The van der Waals surface area contributed by atoms with Crippen LogP contribution in [0.25, 0.3) is 0 Å². The van der Waals surface area contributed by atoms with Gasteiger partial charge in [-0.2, -0.15) is 0 Å². The molecule has 1 amide bonds. The topological polar surface area (TPSA) is 49.9 Å². The minimum Gasteiger partial charge on any atom is -0.495 e. The summed E-state index contributed by atoms with van der Waals surface area (Å²) in [5.74, 6) is 0.691. The second kappa shape index (κ2) is 9.09. The average molecular weight is 413 g/mol. The van der Waals surface area contributed by atoms with Crippen LogP contribution in [-0.4, -0.2) is 60.8 Å². The van der Waals surface area contributed by atoms with E-state index in [1.165, 1.54) is 24.2 Å². The summed E-state index contributed by atoms with van der Waals surface area (Å²) in [7, 11) is 1.59. The molecule has 6 heteroatoms. The predicted molar refractivity (Wildman–Crippen MR) is 115 cm³/mol. The maximum absolute atomic E-state index is 13.3. The summed E-state index contributed by atoms with van der Waals surface area (Å²) in [5, 5.41) is 0. The Bertz CT molecular complexity index is 858. The molecule has 4 rings (SSSR count). The molecule has 0 aliphatic carbocycles. The highest BCUT2D eigenvalue weighted by Crippen LogP contribution is 2.33. The highest BCUT2D eigenvalue weighted by molar-refractivity contribution is 7.14. The van der Waals surface area contributed by atoms with Gasteiger partial charge in [0.25, 0.3) is 5.91 Å². The normalized spacial score (nSPS) is 19.6. The van der Waals surface area contributed by atoms with E-state index in [-0.39, 0.29) is 24.2 Å². The van der Waals surface area contributed by atoms with Crippen LogP contribution in [0.2, 0.25) is 0 Å². The van der Waals surface area contributed by atoms with Crippen molar-refractivity contribution < 1.29 is 14.3 Å². The molecule has 3 heterocycles. The molecule has 29 heavy (non-hydrogen) atoms. The van der Waals surface area contributed by atoms with Gasteiger partial charge in [-0.3, -0.25) is 9.59 Å². The van der Waals surface area contributed by atoms with Crippen LogP contribution >= 0.6 is 11.3 Å². The van der Waals surface area contributed by atoms with Gasteiger partial charge in [-0.15, -0.1) is 11.3 Å². The van der Waals surface area contributed by atoms with Crippen molar-refractivity contribution in [1.82, 2.24) is 9.80 Å². The smallest absolute Gasteiger partial charge is 0.268 e. The largest absolute Gasteiger partial charge is 0.495 e. The highest BCUT2D eigenvalue weighted by Gasteiger charge is 2.33. The predicted octanol–water partition coefficient (Wildman–Crippen LogP) is 3.88. The van der Waals surface area contributed by atoms with E-state index in [1.807, 2.05) is 41.3 Å². The van der Waals surface area contributed by atoms with Crippen LogP contribution in [0.4, 0.5) is 0 Å². The Morgan fingerprint density at radius 3 is 2.59 bits per heavy atom. The van der Waals surface area contributed by atoms with Crippen LogP contribution in [0.3, 0.4) is 0 Å². The Balaban J connectivity index is 1.48. The lowest BCUT2D eigenvalue weighted by molar-refractivity contribution is 0.0710. The van der Waals surface area contributed by atoms with E-state index in [0.717, 1.165) is 43.9 Å². The zero-order valence-electron chi connectivity index (χ0n) is 16.9. The molecule has 0 bridgehead atoms. The molecule has 0 N–H and O–H groups in total. The maximum atomic E-state index is 13.3. The van der Waals surface area contributed by atoms with Gasteiger partial charge in [0.05, 0.1) is 7.11 Å². The summed E-state index contributed by atoms with van der Waals surface area (Å²) < 4.78 is 5.50. The number of benzene rings is 1. The van der Waals surface area contributed by atoms with Crippen molar-refractivity contribution in [3.63, 3.8) is 0 Å². The van der Waals surface area contributed by atoms with Crippen molar-refractivity contribution >= 4 is 23.0 Å². The van der Waals surface area contributed by atoms with Crippen molar-refractivity contribution in [2.75, 3.05) is 33.3 Å². The molecular weight excluding hydrogens is 384 g/mol. The van der Waals surface area contributed by atoms with Crippen LogP contribution in [-0.2, 0) is 6.42 Å². The Hall–Kier alpha value is -2.18. The third-order valence-electron chi connectivity index (χ3n) is 5.90. The third-order valence-corrected chi connectivity index (χ3v) is 7.00. The van der Waals surface area contributed by atoms with E-state index >= 15 is 0 Å². The summed E-state index contributed by atoms with van der Waals surface area (Å²) in [6.45, 7) is 4.06. The van der Waals surface area contributed by atoms with Gasteiger partial charge in [0.15, 0.2) is 5.78 Å². The van der Waals surface area contributed by atoms with Crippen molar-refractivity contribution in [3.8, 4) is 5.75 Å². The first kappa shape index (κ1) is 20.1. The Morgan fingerprint density at radius 2 is 1.86 bits per heavy atom. The summed E-state index contributed by atoms with van der Waals surface area (Å²) in [6, 6.07) is 11.4. The van der Waals surface area contributed by atoms with Gasteiger partial charge in [0.1, 0.15) is 10.6 Å². The maximum Gasteiger partial charge on any atom is 0.268 e. The number of Topliss-reactive ketones (excluding diaryl/α,β-unsaturated/α-hetero) is 1. The molecule has 154 valence electrons. The number of methoxy groups -OCH3 is 1. The molecule has 0 saturated carbocycles. The molecule has 2 aliphatic rings. The van der Waals surface area contributed by atoms with E-state index in [2.05, 4.69) is 4.90 Å². The first-order valence-corrected chi connectivity index (χ1v) is 11.3. The molecule has 0 unspecified atom stereocenters. The van der Waals surface area contributed by atoms with Gasteiger partial charge in [-0.25, -0.2) is 0 Å². The minimum absolute atomic E-state index is 0.0481. The number of ketones is 1. The zero-order valence-corrected chi connectivity index (χ0v) is 17.7. The first-order valence-electron chi connectivity index (χ1n) is 10.4. The van der Waals surface area contributed by atoms with E-state index in [4.69, 9.17) is 4.74 Å². The fraction of sp³-hybridized carbons (Fsp3) is 0.478. The molecule has 0 spiro atoms. The van der Waals surface area contributed by atoms with Crippen molar-refractivity contribution in [2.24, 2.45) is 0 Å². The Kier molecular flexibility index (Phi) is 6.31. The van der Waals surface area contributed by atoms with Crippen LogP contribution in [0.1, 0.15) is 50.6 Å². The van der Waals surface area contributed by atoms with E-state index in [0.29, 0.717) is 16.2 Å². The quantitative estimate of drug-likeness (QED) is 0.648. The van der Waals surface area contributed by atoms with Gasteiger partial charge >= 0.3 is 0 Å². The number of hydrogen-bond acceptors (Lipinski definition) is 5. The number of rotatable bonds is 7. The van der Waals surface area contributed by atoms with Gasteiger partial charge in [-0.05, 0) is 44.8 Å². The molecule has 2 aliphatic heterocycles. The number of carbonyl (C=O) groups is 2. The summed E-state index contributed by atoms with van der Waals surface area (Å²) in [5.41, 5.74) is 0.693. The molecule has 5 nitrogen and oxygen atoms in total. The van der Waals surface area contributed by atoms with E-state index in [9.17, 15) is 9.59 Å². The van der Waals surface area contributed by atoms with Crippen LogP contribution in [0.15, 0.2) is 36.4 Å². The van der Waals surface area contributed by atoms with Crippen LogP contribution in [0, 0.1) is 0 Å². The van der Waals surface area contributed by atoms with Crippen molar-refractivity contribution in [2.45, 2.75) is 38.1 Å². The fourth-order valence-electron chi connectivity index (χ4n) is 4.38. The van der Waals surface area contributed by atoms with Gasteiger partial charge in [0.2, 0.25) is 0 Å². The molecular formula is C23H28N2O3S. The Labute approximate surface area is 176 Å². The lowest BCUT2D eigenvalue weighted by atomic mass is 10.1. The fourth-order valence-corrected chi connectivity index (χ4v) is 5.46. The zero-order chi connectivity index (χ0) is 20.2. The van der Waals surface area contributed by atoms with E-state index < -0.39 is 0 Å². The second-order valence-electron chi connectivity index (χ2n) is 7.88. The lowest BCUT2D eigenvalue weighted by Gasteiger charge is -2.28. The SMILES string of the molecule is COc1cc(CC(=O)c2ccccc2)sc1C(=O)N1CCC[C@H]1CN1CCCC1. The molecule has 1 aromatic heterocycles. The first-order chi connectivity index (χ1) is 14.2. The number of hydrogen-bond donors (Lipinski definition) is 0. The monoisotopic (exact) mass is 412 g/mol. The molecule has 0 radical (unpaired) electrons. The number of likely N-dealkylation sites (tertiary alicyclic amines) is 2. The molecule has 2 saturated heterocycles. The standard InChI is InChI=1S/C23H28N2O3S/c1-28-21-15-19(14-20(26)17-8-3-2-4-9-17)29-22(21)23(27)25-13-7-10-18(25)16-24-11-5-6-12-24/h2-4,8-9,15,18H,5-7,10-14,16H2,1H3/t18-/m0/s1. The molecule has 1 aromatic carbocycles. The number of amides is 1. The van der Waals surface area contributed by atoms with Crippen LogP contribution in [0.5, 0.6) is 5.75 Å². The molecule has 2 aromatic rings. The molecule has 1 atom stereocenters. The van der Waals surface area contributed by atoms with Gasteiger partial charge < -0.3 is 14.5 Å². The number of thiophene rings is 1. The summed E-state index contributed by atoms with van der Waals surface area (Å²) >= 11 is 1.40. The minimum atomic E-state index is 0.0481. The molecule has 2 fully saturated rings. The number of ether oxygens (including phenoxy) is 1. The van der Waals surface area contributed by atoms with Crippen molar-refractivity contribution in [1.29, 1.82) is 0 Å². The third kappa shape index (κ3) is 4.54. The second-order valence-corrected chi connectivity index (χ2v) is 9.02. The number of nitrogens with zero attached hydrogens (tertiary/aromatic N) is 2. The highest BCUT2D eigenvalue weighted by atomic mass is 32.1. The van der Waals surface area contributed by atoms with Crippen LogP contribution < -0.4 is 4.74 Å². The summed E-state index contributed by atoms with van der Waals surface area (Å²) in [6.07, 6.45) is 4.93. The lowest BCUT2D eigenvalue weighted by Crippen LogP contribution is -2.42. The van der Waals surface area contributed by atoms with E-state index in [1.54, 1.807) is 7.11 Å². The number of carbonyl (C=O) groups excluding carboxylic acids is 2. The average Bonchev–Trinajstić information content (AvgIpc) is 3.49. The van der Waals surface area contributed by atoms with Gasteiger partial charge in [0, 0.05) is 36.0 Å². The van der Waals surface area contributed by atoms with Gasteiger partial charge in [-0.1, -0.05) is 30.3 Å². The summed E-state index contributed by atoms with van der Waals surface area (Å²) in [4.78, 5) is 31.9. The van der Waals surface area contributed by atoms with Crippen molar-refractivity contribution in [3.05, 3.63) is 51.7 Å².